The largest absolute Gasteiger partial charge is 0.354 e. The number of fused-ring (bicyclic) bond motifs is 5. The maximum absolute atomic E-state index is 13.8. The molecule has 2 bridgehead atoms. The van der Waals surface area contributed by atoms with Crippen molar-refractivity contribution in [1.82, 2.24) is 21.3 Å². The maximum atomic E-state index is 13.8. The van der Waals surface area contributed by atoms with E-state index in [-0.39, 0.29) is 42.1 Å². The lowest BCUT2D eigenvalue weighted by molar-refractivity contribution is -0.140. The fourth-order valence-electron chi connectivity index (χ4n) is 7.29. The molecule has 1 aliphatic heterocycles. The Balaban J connectivity index is 1.16. The number of amides is 2. The molecule has 0 aromatic heterocycles. The number of rotatable bonds is 16. The van der Waals surface area contributed by atoms with Gasteiger partial charge in [0, 0.05) is 72.9 Å². The van der Waals surface area contributed by atoms with Crippen molar-refractivity contribution < 1.29 is 19.1 Å². The van der Waals surface area contributed by atoms with Gasteiger partial charge >= 0.3 is 0 Å². The Morgan fingerprint density at radius 1 is 0.673 bits per heavy atom. The summed E-state index contributed by atoms with van der Waals surface area (Å²) in [5.74, 6) is -0.866. The van der Waals surface area contributed by atoms with E-state index in [0.717, 1.165) is 30.6 Å². The van der Waals surface area contributed by atoms with Crippen LogP contribution in [0.1, 0.15) is 51.9 Å². The molecule has 3 fully saturated rings. The van der Waals surface area contributed by atoms with Crippen LogP contribution in [0.5, 0.6) is 0 Å². The standard InChI is InChI=1S/C35H48Cl2N8O4/c1-2-3-4-5-12-17-27-48-30-25-22-26(31(30)49-27)29(33(47)39-19-21-41-35(45-37)43-24-15-10-7-11-16-24)28(25)32(46)38-18-20-40-34(44-36)42-23-13-8-6-9-14-23/h6-11,13-16,25-31H,2-5,12,17-22H2,1H3,(H,38,46)(H,39,47)(H2,40,42,44)(H2,41,43,45). The summed E-state index contributed by atoms with van der Waals surface area (Å²) in [6, 6.07) is 19.0. The first-order valence-electron chi connectivity index (χ1n) is 17.4. The van der Waals surface area contributed by atoms with Crippen molar-refractivity contribution in [2.45, 2.75) is 70.4 Å². The molecule has 2 aromatic rings. The molecule has 1 saturated heterocycles. The SMILES string of the molecule is CCCCCCCC1OC2C3CC(C2O1)C(C(=O)NCCN/C(=N\Cl)Nc1ccccc1)C3C(=O)NCCN/C(=N/Cl)Nc1ccccc1. The topological polar surface area (TPSA) is 150 Å². The van der Waals surface area contributed by atoms with Gasteiger partial charge in [-0.1, -0.05) is 69.0 Å². The zero-order valence-corrected chi connectivity index (χ0v) is 29.4. The molecule has 12 nitrogen and oxygen atoms in total. The predicted molar refractivity (Wildman–Crippen MR) is 194 cm³/mol. The number of nitrogens with one attached hydrogen (secondary N) is 6. The molecule has 5 rings (SSSR count). The fourth-order valence-corrected chi connectivity index (χ4v) is 7.49. The van der Waals surface area contributed by atoms with E-state index in [9.17, 15) is 9.59 Å². The van der Waals surface area contributed by atoms with Crippen LogP contribution in [0.4, 0.5) is 11.4 Å². The molecule has 2 amide bonds. The quantitative estimate of drug-likeness (QED) is 0.0809. The molecule has 266 valence electrons. The summed E-state index contributed by atoms with van der Waals surface area (Å²) in [5, 5.41) is 18.5. The number of anilines is 2. The van der Waals surface area contributed by atoms with Crippen LogP contribution in [0.2, 0.25) is 0 Å². The molecule has 2 aliphatic carbocycles. The number of para-hydroxylation sites is 2. The molecule has 2 saturated carbocycles. The normalized spacial score (nSPS) is 25.8. The Morgan fingerprint density at radius 2 is 1.12 bits per heavy atom. The van der Waals surface area contributed by atoms with Crippen LogP contribution in [0.25, 0.3) is 0 Å². The third-order valence-electron chi connectivity index (χ3n) is 9.46. The number of carbonyl (C=O) groups is 2. The first kappa shape index (κ1) is 36.7. The second-order valence-electron chi connectivity index (χ2n) is 12.7. The molecule has 1 heterocycles. The first-order chi connectivity index (χ1) is 24.0. The van der Waals surface area contributed by atoms with Gasteiger partial charge < -0.3 is 41.4 Å². The Morgan fingerprint density at radius 3 is 1.57 bits per heavy atom. The summed E-state index contributed by atoms with van der Waals surface area (Å²) in [5.41, 5.74) is 1.66. The minimum Gasteiger partial charge on any atom is -0.354 e. The van der Waals surface area contributed by atoms with E-state index in [1.807, 2.05) is 60.7 Å². The van der Waals surface area contributed by atoms with E-state index < -0.39 is 11.8 Å². The molecule has 49 heavy (non-hydrogen) atoms. The number of guanidine groups is 2. The van der Waals surface area contributed by atoms with Crippen LogP contribution in [-0.2, 0) is 19.1 Å². The van der Waals surface area contributed by atoms with E-state index in [1.165, 1.54) is 19.3 Å². The zero-order chi connectivity index (χ0) is 34.4. The maximum Gasteiger partial charge on any atom is 0.224 e. The third-order valence-corrected chi connectivity index (χ3v) is 9.80. The minimum atomic E-state index is -0.533. The number of unbranched alkanes of at least 4 members (excludes halogenated alkanes) is 4. The molecule has 7 unspecified atom stereocenters. The average Bonchev–Trinajstić information content (AvgIpc) is 3.83. The molecule has 0 radical (unpaired) electrons. The van der Waals surface area contributed by atoms with Crippen LogP contribution in [0.3, 0.4) is 0 Å². The highest BCUT2D eigenvalue weighted by Gasteiger charge is 2.66. The lowest BCUT2D eigenvalue weighted by atomic mass is 9.75. The Kier molecular flexibility index (Phi) is 14.2. The van der Waals surface area contributed by atoms with Crippen molar-refractivity contribution in [3.63, 3.8) is 0 Å². The van der Waals surface area contributed by atoms with Crippen molar-refractivity contribution in [3.05, 3.63) is 60.7 Å². The Hall–Kier alpha value is -3.58. The van der Waals surface area contributed by atoms with Crippen LogP contribution < -0.4 is 31.9 Å². The number of hydrogen-bond acceptors (Lipinski definition) is 6. The molecule has 7 atom stereocenters. The van der Waals surface area contributed by atoms with Gasteiger partial charge in [-0.15, -0.1) is 9.02 Å². The van der Waals surface area contributed by atoms with E-state index in [0.29, 0.717) is 44.5 Å². The van der Waals surface area contributed by atoms with Gasteiger partial charge in [-0.25, -0.2) is 0 Å². The molecule has 6 N–H and O–H groups in total. The van der Waals surface area contributed by atoms with E-state index in [4.69, 9.17) is 33.0 Å². The minimum absolute atomic E-state index is 0.105. The van der Waals surface area contributed by atoms with Crippen molar-refractivity contribution >= 4 is 58.7 Å². The van der Waals surface area contributed by atoms with Crippen molar-refractivity contribution in [2.24, 2.45) is 32.7 Å². The van der Waals surface area contributed by atoms with Crippen LogP contribution in [-0.4, -0.2) is 68.4 Å². The lowest BCUT2D eigenvalue weighted by Gasteiger charge is -2.34. The van der Waals surface area contributed by atoms with Crippen molar-refractivity contribution in [2.75, 3.05) is 36.8 Å². The van der Waals surface area contributed by atoms with E-state index >= 15 is 0 Å². The molecule has 0 spiro atoms. The van der Waals surface area contributed by atoms with Crippen LogP contribution >= 0.6 is 23.6 Å². The second-order valence-corrected chi connectivity index (χ2v) is 13.1. The van der Waals surface area contributed by atoms with Gasteiger partial charge in [-0.2, -0.15) is 0 Å². The van der Waals surface area contributed by atoms with Gasteiger partial charge in [-0.3, -0.25) is 9.59 Å². The summed E-state index contributed by atoms with van der Waals surface area (Å²) in [7, 11) is 0. The van der Waals surface area contributed by atoms with Gasteiger partial charge in [0.1, 0.15) is 0 Å². The number of benzene rings is 2. The molecular formula is C35H48Cl2N8O4. The number of nitrogens with zero attached hydrogens (tertiary/aromatic N) is 2. The summed E-state index contributed by atoms with van der Waals surface area (Å²) in [4.78, 5) is 27.6. The van der Waals surface area contributed by atoms with Crippen molar-refractivity contribution in [3.8, 4) is 0 Å². The van der Waals surface area contributed by atoms with E-state index in [1.54, 1.807) is 0 Å². The smallest absolute Gasteiger partial charge is 0.224 e. The number of hydrogen-bond donors (Lipinski definition) is 6. The summed E-state index contributed by atoms with van der Waals surface area (Å²) < 4.78 is 20.3. The van der Waals surface area contributed by atoms with Gasteiger partial charge in [0.25, 0.3) is 0 Å². The molecule has 3 aliphatic rings. The number of carbonyl (C=O) groups excluding carboxylic acids is 2. The third kappa shape index (κ3) is 10.00. The zero-order valence-electron chi connectivity index (χ0n) is 27.9. The second kappa shape index (κ2) is 19.0. The summed E-state index contributed by atoms with van der Waals surface area (Å²) in [6.07, 6.45) is 6.66. The molecular weight excluding hydrogens is 667 g/mol. The number of halogens is 2. The first-order valence-corrected chi connectivity index (χ1v) is 18.1. The Bertz CT molecular complexity index is 1310. The fraction of sp³-hybridized carbons (Fsp3) is 0.543. The monoisotopic (exact) mass is 714 g/mol. The van der Waals surface area contributed by atoms with Gasteiger partial charge in [0.2, 0.25) is 23.7 Å². The summed E-state index contributed by atoms with van der Waals surface area (Å²) in [6.45, 7) is 3.60. The molecule has 14 heteroatoms. The Labute approximate surface area is 298 Å². The van der Waals surface area contributed by atoms with E-state index in [2.05, 4.69) is 47.8 Å². The number of ether oxygens (including phenoxy) is 2. The highest BCUT2D eigenvalue weighted by Crippen LogP contribution is 2.57. The highest BCUT2D eigenvalue weighted by molar-refractivity contribution is 6.21. The van der Waals surface area contributed by atoms with Crippen LogP contribution in [0.15, 0.2) is 69.7 Å². The van der Waals surface area contributed by atoms with Gasteiger partial charge in [0.15, 0.2) is 6.29 Å². The van der Waals surface area contributed by atoms with Gasteiger partial charge in [0.05, 0.1) is 24.0 Å². The van der Waals surface area contributed by atoms with Gasteiger partial charge in [-0.05, 0) is 43.5 Å². The van der Waals surface area contributed by atoms with Crippen LogP contribution in [0, 0.1) is 23.7 Å². The van der Waals surface area contributed by atoms with Crippen molar-refractivity contribution in [1.29, 1.82) is 0 Å². The molecule has 2 aromatic carbocycles. The lowest BCUT2D eigenvalue weighted by Crippen LogP contribution is -2.53. The average molecular weight is 716 g/mol. The predicted octanol–water partition coefficient (Wildman–Crippen LogP) is 4.99. The highest BCUT2D eigenvalue weighted by atomic mass is 35.5. The summed E-state index contributed by atoms with van der Waals surface area (Å²) >= 11 is 11.5.